The number of rotatable bonds is 7. The number of pyridine rings is 1. The molecule has 0 saturated heterocycles. The number of nitrogens with one attached hydrogen (secondary N) is 1. The minimum absolute atomic E-state index is 0.00175. The van der Waals surface area contributed by atoms with E-state index in [9.17, 15) is 22.8 Å². The number of alkyl halides is 3. The predicted octanol–water partition coefficient (Wildman–Crippen LogP) is 2.10. The molecular formula is C14H17F3N2O4. The third-order valence-electron chi connectivity index (χ3n) is 2.92. The molecule has 1 aromatic heterocycles. The maximum absolute atomic E-state index is 12.3. The molecule has 0 aliphatic rings. The van der Waals surface area contributed by atoms with E-state index in [1.165, 1.54) is 13.8 Å². The van der Waals surface area contributed by atoms with E-state index in [1.807, 2.05) is 0 Å². The van der Waals surface area contributed by atoms with Crippen molar-refractivity contribution in [1.29, 1.82) is 0 Å². The normalized spacial score (nSPS) is 11.9. The highest BCUT2D eigenvalue weighted by Crippen LogP contribution is 2.29. The van der Waals surface area contributed by atoms with E-state index in [-0.39, 0.29) is 25.5 Å². The fourth-order valence-electron chi connectivity index (χ4n) is 1.52. The lowest BCUT2D eigenvalue weighted by Crippen LogP contribution is -2.35. The molecule has 0 saturated carbocycles. The van der Waals surface area contributed by atoms with Gasteiger partial charge in [-0.15, -0.1) is 0 Å². The number of carboxylic acid groups (broad SMARTS) is 1. The van der Waals surface area contributed by atoms with Gasteiger partial charge in [-0.05, 0) is 19.9 Å². The Bertz CT molecular complexity index is 556. The number of hydrogen-bond acceptors (Lipinski definition) is 4. The molecule has 0 unspecified atom stereocenters. The van der Waals surface area contributed by atoms with Crippen molar-refractivity contribution in [3.63, 3.8) is 0 Å². The van der Waals surface area contributed by atoms with Gasteiger partial charge < -0.3 is 15.2 Å². The van der Waals surface area contributed by atoms with Gasteiger partial charge in [0.2, 0.25) is 11.8 Å². The zero-order valence-electron chi connectivity index (χ0n) is 12.6. The molecule has 1 rings (SSSR count). The van der Waals surface area contributed by atoms with E-state index in [1.54, 1.807) is 0 Å². The maximum atomic E-state index is 12.3. The van der Waals surface area contributed by atoms with E-state index < -0.39 is 29.0 Å². The molecule has 0 atom stereocenters. The smallest absolute Gasteiger partial charge is 0.417 e. The van der Waals surface area contributed by atoms with Crippen molar-refractivity contribution in [2.24, 2.45) is 5.41 Å². The molecule has 2 N–H and O–H groups in total. The fourth-order valence-corrected chi connectivity index (χ4v) is 1.52. The van der Waals surface area contributed by atoms with Gasteiger partial charge in [0.05, 0.1) is 17.5 Å². The highest BCUT2D eigenvalue weighted by molar-refractivity contribution is 5.84. The lowest BCUT2D eigenvalue weighted by atomic mass is 9.89. The molecule has 6 nitrogen and oxygen atoms in total. The van der Waals surface area contributed by atoms with Crippen LogP contribution in [0.5, 0.6) is 5.88 Å². The van der Waals surface area contributed by atoms with Crippen LogP contribution >= 0.6 is 0 Å². The number of amides is 1. The van der Waals surface area contributed by atoms with Crippen LogP contribution in [0.4, 0.5) is 13.2 Å². The molecule has 0 aliphatic carbocycles. The van der Waals surface area contributed by atoms with Crippen LogP contribution < -0.4 is 10.1 Å². The first-order valence-electron chi connectivity index (χ1n) is 6.68. The number of carbonyl (C=O) groups excluding carboxylic acids is 1. The van der Waals surface area contributed by atoms with Crippen LogP contribution in [0.1, 0.15) is 25.8 Å². The van der Waals surface area contributed by atoms with Crippen molar-refractivity contribution in [1.82, 2.24) is 10.3 Å². The standard InChI is InChI=1S/C14H17F3N2O4/c1-13(2,12(21)22)7-10(20)18-5-6-23-11-4-3-9(8-19-11)14(15,16)17/h3-4,8H,5-7H2,1-2H3,(H,18,20)(H,21,22). The number of hydrogen-bond donors (Lipinski definition) is 2. The first-order chi connectivity index (χ1) is 10.5. The van der Waals surface area contributed by atoms with Gasteiger partial charge >= 0.3 is 12.1 Å². The summed E-state index contributed by atoms with van der Waals surface area (Å²) < 4.78 is 42.1. The van der Waals surface area contributed by atoms with E-state index in [4.69, 9.17) is 9.84 Å². The minimum Gasteiger partial charge on any atom is -0.481 e. The van der Waals surface area contributed by atoms with Crippen molar-refractivity contribution < 1.29 is 32.6 Å². The third-order valence-corrected chi connectivity index (χ3v) is 2.92. The van der Waals surface area contributed by atoms with E-state index in [2.05, 4.69) is 10.3 Å². The Balaban J connectivity index is 2.35. The van der Waals surface area contributed by atoms with Gasteiger partial charge in [0.1, 0.15) is 6.61 Å². The van der Waals surface area contributed by atoms with Gasteiger partial charge in [-0.2, -0.15) is 13.2 Å². The Morgan fingerprint density at radius 3 is 2.43 bits per heavy atom. The SMILES string of the molecule is CC(C)(CC(=O)NCCOc1ccc(C(F)(F)F)cn1)C(=O)O. The van der Waals surface area contributed by atoms with Crippen molar-refractivity contribution >= 4 is 11.9 Å². The second-order valence-corrected chi connectivity index (χ2v) is 5.45. The van der Waals surface area contributed by atoms with Gasteiger partial charge in [-0.1, -0.05) is 0 Å². The molecule has 0 aromatic carbocycles. The predicted molar refractivity (Wildman–Crippen MR) is 73.8 cm³/mol. The Hall–Kier alpha value is -2.32. The lowest BCUT2D eigenvalue weighted by molar-refractivity contribution is -0.149. The van der Waals surface area contributed by atoms with Crippen molar-refractivity contribution in [2.75, 3.05) is 13.2 Å². The molecule has 0 aliphatic heterocycles. The summed E-state index contributed by atoms with van der Waals surface area (Å²) in [4.78, 5) is 25.9. The molecule has 1 amide bonds. The summed E-state index contributed by atoms with van der Waals surface area (Å²) in [5.41, 5.74) is -2.06. The minimum atomic E-state index is -4.46. The second kappa shape index (κ2) is 7.30. The summed E-state index contributed by atoms with van der Waals surface area (Å²) in [7, 11) is 0. The van der Waals surface area contributed by atoms with Gasteiger partial charge in [0.15, 0.2) is 0 Å². The zero-order valence-corrected chi connectivity index (χ0v) is 12.6. The first-order valence-corrected chi connectivity index (χ1v) is 6.68. The van der Waals surface area contributed by atoms with Crippen LogP contribution in [0.2, 0.25) is 0 Å². The largest absolute Gasteiger partial charge is 0.481 e. The Morgan fingerprint density at radius 2 is 1.96 bits per heavy atom. The summed E-state index contributed by atoms with van der Waals surface area (Å²) in [6.07, 6.45) is -4.00. The summed E-state index contributed by atoms with van der Waals surface area (Å²) in [5.74, 6) is -1.54. The number of aliphatic carboxylic acids is 1. The third kappa shape index (κ3) is 6.13. The van der Waals surface area contributed by atoms with Crippen molar-refractivity contribution in [3.05, 3.63) is 23.9 Å². The molecule has 9 heteroatoms. The van der Waals surface area contributed by atoms with Crippen LogP contribution in [0.3, 0.4) is 0 Å². The van der Waals surface area contributed by atoms with E-state index in [0.29, 0.717) is 6.20 Å². The molecule has 128 valence electrons. The lowest BCUT2D eigenvalue weighted by Gasteiger charge is -2.18. The summed E-state index contributed by atoms with van der Waals surface area (Å²) in [6, 6.07) is 1.93. The molecular weight excluding hydrogens is 317 g/mol. The fraction of sp³-hybridized carbons (Fsp3) is 0.500. The summed E-state index contributed by atoms with van der Waals surface area (Å²) in [6.45, 7) is 2.93. The molecule has 1 heterocycles. The first kappa shape index (κ1) is 18.7. The number of halogens is 3. The average molecular weight is 334 g/mol. The number of aromatic nitrogens is 1. The molecule has 0 bridgehead atoms. The Labute approximate surface area is 130 Å². The van der Waals surface area contributed by atoms with E-state index in [0.717, 1.165) is 12.1 Å². The number of carboxylic acids is 1. The monoisotopic (exact) mass is 334 g/mol. The van der Waals surface area contributed by atoms with Gasteiger partial charge in [-0.3, -0.25) is 9.59 Å². The molecule has 1 aromatic rings. The second-order valence-electron chi connectivity index (χ2n) is 5.45. The number of ether oxygens (including phenoxy) is 1. The van der Waals surface area contributed by atoms with E-state index >= 15 is 0 Å². The van der Waals surface area contributed by atoms with Gasteiger partial charge in [0, 0.05) is 18.7 Å². The topological polar surface area (TPSA) is 88.5 Å². The van der Waals surface area contributed by atoms with Gasteiger partial charge in [0.25, 0.3) is 0 Å². The van der Waals surface area contributed by atoms with Crippen LogP contribution in [0.15, 0.2) is 18.3 Å². The van der Waals surface area contributed by atoms with Crippen LogP contribution in [-0.4, -0.2) is 35.1 Å². The Kier molecular flexibility index (Phi) is 5.94. The molecule has 0 fully saturated rings. The Morgan fingerprint density at radius 1 is 1.30 bits per heavy atom. The van der Waals surface area contributed by atoms with Gasteiger partial charge in [-0.25, -0.2) is 4.98 Å². The van der Waals surface area contributed by atoms with Crippen LogP contribution in [0, 0.1) is 5.41 Å². The molecule has 0 spiro atoms. The molecule has 0 radical (unpaired) electrons. The summed E-state index contributed by atoms with van der Waals surface area (Å²) >= 11 is 0. The van der Waals surface area contributed by atoms with Crippen LogP contribution in [-0.2, 0) is 15.8 Å². The maximum Gasteiger partial charge on any atom is 0.417 e. The quantitative estimate of drug-likeness (QED) is 0.746. The summed E-state index contributed by atoms with van der Waals surface area (Å²) in [5, 5.41) is 11.4. The van der Waals surface area contributed by atoms with Crippen molar-refractivity contribution in [2.45, 2.75) is 26.4 Å². The highest BCUT2D eigenvalue weighted by Gasteiger charge is 2.31. The highest BCUT2D eigenvalue weighted by atomic mass is 19.4. The van der Waals surface area contributed by atoms with Crippen LogP contribution in [0.25, 0.3) is 0 Å². The zero-order chi connectivity index (χ0) is 17.7. The number of carbonyl (C=O) groups is 2. The molecule has 23 heavy (non-hydrogen) atoms. The van der Waals surface area contributed by atoms with Crippen molar-refractivity contribution in [3.8, 4) is 5.88 Å². The average Bonchev–Trinajstić information content (AvgIpc) is 2.42. The number of nitrogens with zero attached hydrogens (tertiary/aromatic N) is 1.